The topological polar surface area (TPSA) is 61.4 Å². The zero-order chi connectivity index (χ0) is 9.90. The van der Waals surface area contributed by atoms with Gasteiger partial charge < -0.3 is 15.7 Å². The van der Waals surface area contributed by atoms with Crippen LogP contribution in [0.15, 0.2) is 0 Å². The molecule has 13 heavy (non-hydrogen) atoms. The first-order valence-electron chi connectivity index (χ1n) is 4.71. The number of nitrogens with one attached hydrogen (secondary N) is 2. The Labute approximate surface area is 78.7 Å². The molecular formula is C9H18N2O2. The molecule has 0 aromatic carbocycles. The van der Waals surface area contributed by atoms with Gasteiger partial charge in [-0.05, 0) is 39.3 Å². The molecule has 0 aromatic heterocycles. The van der Waals surface area contributed by atoms with Crippen LogP contribution < -0.4 is 10.6 Å². The van der Waals surface area contributed by atoms with Gasteiger partial charge in [-0.3, -0.25) is 4.79 Å². The third-order valence-electron chi connectivity index (χ3n) is 2.27. The molecule has 1 amide bonds. The van der Waals surface area contributed by atoms with Crippen molar-refractivity contribution in [2.24, 2.45) is 5.92 Å². The normalized spacial score (nSPS) is 23.2. The summed E-state index contributed by atoms with van der Waals surface area (Å²) in [6.45, 7) is 5.65. The van der Waals surface area contributed by atoms with Crippen molar-refractivity contribution >= 4 is 5.91 Å². The lowest BCUT2D eigenvalue weighted by Crippen LogP contribution is -2.43. The number of aliphatic hydroxyl groups is 1. The highest BCUT2D eigenvalue weighted by atomic mass is 16.3. The fraction of sp³-hybridized carbons (Fsp3) is 0.889. The molecule has 1 aliphatic rings. The van der Waals surface area contributed by atoms with Crippen molar-refractivity contribution in [3.63, 3.8) is 0 Å². The molecule has 0 saturated carbocycles. The molecule has 0 aliphatic carbocycles. The fourth-order valence-electron chi connectivity index (χ4n) is 1.34. The molecule has 0 bridgehead atoms. The van der Waals surface area contributed by atoms with Crippen molar-refractivity contribution in [2.45, 2.75) is 25.9 Å². The first-order valence-corrected chi connectivity index (χ1v) is 4.71. The average Bonchev–Trinajstić information content (AvgIpc) is 2.50. The Morgan fingerprint density at radius 1 is 1.69 bits per heavy atom. The number of amides is 1. The van der Waals surface area contributed by atoms with Gasteiger partial charge in [0.05, 0.1) is 0 Å². The molecule has 1 rings (SSSR count). The van der Waals surface area contributed by atoms with Gasteiger partial charge in [-0.2, -0.15) is 0 Å². The van der Waals surface area contributed by atoms with E-state index in [-0.39, 0.29) is 5.91 Å². The molecule has 1 heterocycles. The van der Waals surface area contributed by atoms with Crippen molar-refractivity contribution in [1.82, 2.24) is 10.6 Å². The Bertz CT molecular complexity index is 181. The zero-order valence-electron chi connectivity index (χ0n) is 8.26. The lowest BCUT2D eigenvalue weighted by Gasteiger charge is -2.18. The first kappa shape index (κ1) is 10.5. The van der Waals surface area contributed by atoms with Gasteiger partial charge in [-0.1, -0.05) is 0 Å². The summed E-state index contributed by atoms with van der Waals surface area (Å²) in [7, 11) is 0. The molecule has 1 atom stereocenters. The third kappa shape index (κ3) is 3.32. The van der Waals surface area contributed by atoms with Crippen LogP contribution in [0.5, 0.6) is 0 Å². The summed E-state index contributed by atoms with van der Waals surface area (Å²) in [6.07, 6.45) is 1.10. The second kappa shape index (κ2) is 4.07. The first-order chi connectivity index (χ1) is 6.00. The molecule has 76 valence electrons. The maximum Gasteiger partial charge on any atom is 0.251 e. The molecule has 4 heteroatoms. The lowest BCUT2D eigenvalue weighted by molar-refractivity contribution is -0.136. The number of hydrogen-bond acceptors (Lipinski definition) is 3. The summed E-state index contributed by atoms with van der Waals surface area (Å²) >= 11 is 0. The molecule has 1 unspecified atom stereocenters. The molecule has 1 aliphatic heterocycles. The summed E-state index contributed by atoms with van der Waals surface area (Å²) < 4.78 is 0. The monoisotopic (exact) mass is 186 g/mol. The minimum absolute atomic E-state index is 0.292. The second-order valence-corrected chi connectivity index (χ2v) is 4.13. The number of carbonyl (C=O) groups is 1. The van der Waals surface area contributed by atoms with E-state index in [0.29, 0.717) is 12.5 Å². The van der Waals surface area contributed by atoms with Gasteiger partial charge in [0.1, 0.15) is 5.60 Å². The highest BCUT2D eigenvalue weighted by Gasteiger charge is 2.24. The highest BCUT2D eigenvalue weighted by molar-refractivity contribution is 5.83. The number of rotatable bonds is 3. The van der Waals surface area contributed by atoms with E-state index in [1.54, 1.807) is 0 Å². The van der Waals surface area contributed by atoms with Crippen molar-refractivity contribution in [1.29, 1.82) is 0 Å². The van der Waals surface area contributed by atoms with Gasteiger partial charge >= 0.3 is 0 Å². The minimum atomic E-state index is -1.26. The van der Waals surface area contributed by atoms with E-state index in [1.165, 1.54) is 13.8 Å². The van der Waals surface area contributed by atoms with Crippen LogP contribution in [-0.4, -0.2) is 36.2 Å². The van der Waals surface area contributed by atoms with Crippen molar-refractivity contribution in [2.75, 3.05) is 19.6 Å². The van der Waals surface area contributed by atoms with E-state index in [2.05, 4.69) is 10.6 Å². The average molecular weight is 186 g/mol. The van der Waals surface area contributed by atoms with Gasteiger partial charge in [0.25, 0.3) is 5.91 Å². The Morgan fingerprint density at radius 2 is 2.38 bits per heavy atom. The van der Waals surface area contributed by atoms with E-state index in [4.69, 9.17) is 0 Å². The molecule has 3 N–H and O–H groups in total. The molecule has 1 saturated heterocycles. The van der Waals surface area contributed by atoms with E-state index >= 15 is 0 Å². The van der Waals surface area contributed by atoms with E-state index in [0.717, 1.165) is 19.5 Å². The van der Waals surface area contributed by atoms with E-state index < -0.39 is 5.60 Å². The van der Waals surface area contributed by atoms with Crippen LogP contribution in [0.1, 0.15) is 20.3 Å². The summed E-state index contributed by atoms with van der Waals surface area (Å²) in [5.74, 6) is 0.227. The van der Waals surface area contributed by atoms with Gasteiger partial charge in [0.15, 0.2) is 0 Å². The second-order valence-electron chi connectivity index (χ2n) is 4.13. The van der Waals surface area contributed by atoms with E-state index in [1.807, 2.05) is 0 Å². The van der Waals surface area contributed by atoms with Crippen LogP contribution in [0.2, 0.25) is 0 Å². The third-order valence-corrected chi connectivity index (χ3v) is 2.27. The highest BCUT2D eigenvalue weighted by Crippen LogP contribution is 2.06. The van der Waals surface area contributed by atoms with Crippen LogP contribution in [0.4, 0.5) is 0 Å². The summed E-state index contributed by atoms with van der Waals surface area (Å²) in [5.41, 5.74) is -1.26. The van der Waals surface area contributed by atoms with Crippen molar-refractivity contribution in [3.8, 4) is 0 Å². The van der Waals surface area contributed by atoms with Gasteiger partial charge in [0, 0.05) is 6.54 Å². The van der Waals surface area contributed by atoms with Gasteiger partial charge in [-0.25, -0.2) is 0 Å². The smallest absolute Gasteiger partial charge is 0.251 e. The number of carbonyl (C=O) groups excluding carboxylic acids is 1. The standard InChI is InChI=1S/C9H18N2O2/c1-9(2,13)8(12)11-6-7-3-4-10-5-7/h7,10,13H,3-6H2,1-2H3,(H,11,12). The SMILES string of the molecule is CC(C)(O)C(=O)NCC1CCNC1. The maximum absolute atomic E-state index is 11.2. The quantitative estimate of drug-likeness (QED) is 0.556. The van der Waals surface area contributed by atoms with Crippen molar-refractivity contribution in [3.05, 3.63) is 0 Å². The molecule has 1 fully saturated rings. The summed E-state index contributed by atoms with van der Waals surface area (Å²) in [5, 5.41) is 15.3. The summed E-state index contributed by atoms with van der Waals surface area (Å²) in [6, 6.07) is 0. The Hall–Kier alpha value is -0.610. The van der Waals surface area contributed by atoms with Crippen LogP contribution in [0.25, 0.3) is 0 Å². The Kier molecular flexibility index (Phi) is 3.27. The predicted molar refractivity (Wildman–Crippen MR) is 50.3 cm³/mol. The van der Waals surface area contributed by atoms with E-state index in [9.17, 15) is 9.90 Å². The van der Waals surface area contributed by atoms with Crippen LogP contribution in [-0.2, 0) is 4.79 Å². The molecule has 4 nitrogen and oxygen atoms in total. The van der Waals surface area contributed by atoms with Crippen LogP contribution in [0, 0.1) is 5.92 Å². The number of hydrogen-bond donors (Lipinski definition) is 3. The van der Waals surface area contributed by atoms with Gasteiger partial charge in [0.2, 0.25) is 0 Å². The Morgan fingerprint density at radius 3 is 2.85 bits per heavy atom. The molecule has 0 radical (unpaired) electrons. The molecule has 0 spiro atoms. The predicted octanol–water partition coefficient (Wildman–Crippen LogP) is -0.517. The zero-order valence-corrected chi connectivity index (χ0v) is 8.26. The van der Waals surface area contributed by atoms with Crippen LogP contribution in [0.3, 0.4) is 0 Å². The Balaban J connectivity index is 2.22. The lowest BCUT2D eigenvalue weighted by atomic mass is 10.1. The van der Waals surface area contributed by atoms with Crippen LogP contribution >= 0.6 is 0 Å². The maximum atomic E-state index is 11.2. The largest absolute Gasteiger partial charge is 0.381 e. The fourth-order valence-corrected chi connectivity index (χ4v) is 1.34. The molecule has 0 aromatic rings. The minimum Gasteiger partial charge on any atom is -0.381 e. The summed E-state index contributed by atoms with van der Waals surface area (Å²) in [4.78, 5) is 11.2. The van der Waals surface area contributed by atoms with Crippen molar-refractivity contribution < 1.29 is 9.90 Å². The van der Waals surface area contributed by atoms with Gasteiger partial charge in [-0.15, -0.1) is 0 Å². The molecular weight excluding hydrogens is 168 g/mol.